The minimum atomic E-state index is -3.46. The number of sulfonamides is 1. The lowest BCUT2D eigenvalue weighted by molar-refractivity contribution is -0.121. The van der Waals surface area contributed by atoms with E-state index in [0.717, 1.165) is 38.4 Å². The second-order valence-corrected chi connectivity index (χ2v) is 10.3. The van der Waals surface area contributed by atoms with Crippen molar-refractivity contribution in [2.45, 2.75) is 32.9 Å². The number of rotatable bonds is 12. The number of hydrogen-bond acceptors (Lipinski definition) is 6. The normalized spacial score (nSPS) is 14.5. The summed E-state index contributed by atoms with van der Waals surface area (Å²) in [4.78, 5) is 14.7. The molecule has 0 spiro atoms. The maximum absolute atomic E-state index is 12.4. The van der Waals surface area contributed by atoms with E-state index >= 15 is 0 Å². The number of hydrogen-bond donors (Lipinski definition) is 1. The second kappa shape index (κ2) is 12.7. The van der Waals surface area contributed by atoms with E-state index in [9.17, 15) is 13.2 Å². The SMILES string of the molecule is CCOc1ccc(N(CCCC(=O)NCc2cccc(CN3CCOCC3)c2)S(C)(=O)=O)cc1. The standard InChI is InChI=1S/C25H35N3O5S/c1-3-33-24-11-9-23(10-12-24)28(34(2,30)31)13-5-8-25(29)26-19-21-6-4-7-22(18-21)20-27-14-16-32-17-15-27/h4,6-7,9-12,18H,3,5,8,13-17,19-20H2,1-2H3,(H,26,29). The Bertz CT molecular complexity index is 1020. The average Bonchev–Trinajstić information content (AvgIpc) is 2.82. The van der Waals surface area contributed by atoms with Crippen molar-refractivity contribution in [3.8, 4) is 5.75 Å². The van der Waals surface area contributed by atoms with Crippen molar-refractivity contribution in [2.75, 3.05) is 50.0 Å². The van der Waals surface area contributed by atoms with Gasteiger partial charge in [-0.1, -0.05) is 24.3 Å². The number of morpholine rings is 1. The Morgan fingerprint density at radius 2 is 1.82 bits per heavy atom. The van der Waals surface area contributed by atoms with Crippen molar-refractivity contribution >= 4 is 21.6 Å². The van der Waals surface area contributed by atoms with E-state index in [0.29, 0.717) is 31.0 Å². The monoisotopic (exact) mass is 489 g/mol. The smallest absolute Gasteiger partial charge is 0.232 e. The van der Waals surface area contributed by atoms with Gasteiger partial charge in [0.25, 0.3) is 0 Å². The van der Waals surface area contributed by atoms with Crippen molar-refractivity contribution in [1.82, 2.24) is 10.2 Å². The predicted molar refractivity (Wildman–Crippen MR) is 133 cm³/mol. The summed E-state index contributed by atoms with van der Waals surface area (Å²) in [5.74, 6) is 0.590. The minimum Gasteiger partial charge on any atom is -0.494 e. The van der Waals surface area contributed by atoms with Crippen molar-refractivity contribution in [3.63, 3.8) is 0 Å². The Morgan fingerprint density at radius 1 is 1.12 bits per heavy atom. The largest absolute Gasteiger partial charge is 0.494 e. The Hall–Kier alpha value is -2.62. The van der Waals surface area contributed by atoms with E-state index in [1.54, 1.807) is 24.3 Å². The third-order valence-electron chi connectivity index (χ3n) is 5.59. The molecule has 2 aromatic carbocycles. The molecule has 0 aromatic heterocycles. The molecule has 0 saturated carbocycles. The van der Waals surface area contributed by atoms with Crippen LogP contribution in [0.3, 0.4) is 0 Å². The first-order valence-corrected chi connectivity index (χ1v) is 13.5. The molecule has 1 aliphatic rings. The Kier molecular flexibility index (Phi) is 9.74. The average molecular weight is 490 g/mol. The molecule has 3 rings (SSSR count). The molecule has 1 heterocycles. The summed E-state index contributed by atoms with van der Waals surface area (Å²) in [5.41, 5.74) is 2.82. The molecule has 1 fully saturated rings. The summed E-state index contributed by atoms with van der Waals surface area (Å²) >= 11 is 0. The van der Waals surface area contributed by atoms with Gasteiger partial charge in [-0.15, -0.1) is 0 Å². The molecular weight excluding hydrogens is 454 g/mol. The zero-order valence-electron chi connectivity index (χ0n) is 20.0. The number of carbonyl (C=O) groups excluding carboxylic acids is 1. The lowest BCUT2D eigenvalue weighted by Gasteiger charge is -2.26. The van der Waals surface area contributed by atoms with Crippen LogP contribution in [0.15, 0.2) is 48.5 Å². The van der Waals surface area contributed by atoms with Crippen molar-refractivity contribution in [2.24, 2.45) is 0 Å². The van der Waals surface area contributed by atoms with Crippen molar-refractivity contribution < 1.29 is 22.7 Å². The van der Waals surface area contributed by atoms with Gasteiger partial charge in [0.05, 0.1) is 31.8 Å². The zero-order chi connectivity index (χ0) is 24.4. The van der Waals surface area contributed by atoms with Gasteiger partial charge in [0.1, 0.15) is 5.75 Å². The van der Waals surface area contributed by atoms with Crippen LogP contribution in [0.4, 0.5) is 5.69 Å². The molecule has 186 valence electrons. The molecule has 0 unspecified atom stereocenters. The van der Waals surface area contributed by atoms with Crippen molar-refractivity contribution in [3.05, 3.63) is 59.7 Å². The molecule has 1 aliphatic heterocycles. The highest BCUT2D eigenvalue weighted by atomic mass is 32.2. The van der Waals surface area contributed by atoms with Crippen LogP contribution in [0.5, 0.6) is 5.75 Å². The molecule has 0 atom stereocenters. The van der Waals surface area contributed by atoms with E-state index in [4.69, 9.17) is 9.47 Å². The Labute approximate surface area is 202 Å². The molecule has 0 radical (unpaired) electrons. The fourth-order valence-electron chi connectivity index (χ4n) is 3.89. The lowest BCUT2D eigenvalue weighted by Crippen LogP contribution is -2.35. The van der Waals surface area contributed by atoms with Crippen molar-refractivity contribution in [1.29, 1.82) is 0 Å². The van der Waals surface area contributed by atoms with Crippen LogP contribution >= 0.6 is 0 Å². The fraction of sp³-hybridized carbons (Fsp3) is 0.480. The van der Waals surface area contributed by atoms with E-state index in [-0.39, 0.29) is 18.9 Å². The number of nitrogens with zero attached hydrogens (tertiary/aromatic N) is 2. The molecule has 0 bridgehead atoms. The highest BCUT2D eigenvalue weighted by molar-refractivity contribution is 7.92. The fourth-order valence-corrected chi connectivity index (χ4v) is 4.85. The van der Waals surface area contributed by atoms with E-state index in [2.05, 4.69) is 22.3 Å². The third kappa shape index (κ3) is 8.30. The molecular formula is C25H35N3O5S. The van der Waals surface area contributed by atoms with Crippen LogP contribution in [-0.2, 0) is 32.6 Å². The number of nitrogens with one attached hydrogen (secondary N) is 1. The Morgan fingerprint density at radius 3 is 2.50 bits per heavy atom. The minimum absolute atomic E-state index is 0.0984. The molecule has 1 N–H and O–H groups in total. The van der Waals surface area contributed by atoms with Crippen LogP contribution in [0, 0.1) is 0 Å². The quantitative estimate of drug-likeness (QED) is 0.493. The molecule has 8 nitrogen and oxygen atoms in total. The maximum atomic E-state index is 12.4. The summed E-state index contributed by atoms with van der Waals surface area (Å²) in [6.07, 6.45) is 1.84. The van der Waals surface area contributed by atoms with Gasteiger partial charge in [-0.25, -0.2) is 8.42 Å². The summed E-state index contributed by atoms with van der Waals surface area (Å²) in [5, 5.41) is 2.95. The van der Waals surface area contributed by atoms with Crippen LogP contribution in [-0.4, -0.2) is 64.9 Å². The molecule has 9 heteroatoms. The van der Waals surface area contributed by atoms with Gasteiger partial charge >= 0.3 is 0 Å². The first-order chi connectivity index (χ1) is 16.3. The van der Waals surface area contributed by atoms with Gasteiger partial charge in [-0.05, 0) is 48.7 Å². The van der Waals surface area contributed by atoms with Crippen LogP contribution < -0.4 is 14.4 Å². The van der Waals surface area contributed by atoms with Gasteiger partial charge < -0.3 is 14.8 Å². The first kappa shape index (κ1) is 26.0. The lowest BCUT2D eigenvalue weighted by atomic mass is 10.1. The molecule has 34 heavy (non-hydrogen) atoms. The zero-order valence-corrected chi connectivity index (χ0v) is 20.9. The summed E-state index contributed by atoms with van der Waals surface area (Å²) in [6, 6.07) is 15.2. The topological polar surface area (TPSA) is 88.2 Å². The highest BCUT2D eigenvalue weighted by Gasteiger charge is 2.18. The molecule has 1 saturated heterocycles. The number of carbonyl (C=O) groups is 1. The molecule has 1 amide bonds. The third-order valence-corrected chi connectivity index (χ3v) is 6.79. The van der Waals surface area contributed by atoms with Gasteiger partial charge in [-0.3, -0.25) is 14.0 Å². The first-order valence-electron chi connectivity index (χ1n) is 11.7. The number of benzene rings is 2. The van der Waals surface area contributed by atoms with Crippen LogP contribution in [0.2, 0.25) is 0 Å². The Balaban J connectivity index is 1.46. The van der Waals surface area contributed by atoms with Gasteiger partial charge in [0.2, 0.25) is 15.9 Å². The summed E-state index contributed by atoms with van der Waals surface area (Å²) < 4.78 is 36.7. The number of anilines is 1. The highest BCUT2D eigenvalue weighted by Crippen LogP contribution is 2.22. The maximum Gasteiger partial charge on any atom is 0.232 e. The van der Waals surface area contributed by atoms with Gasteiger partial charge in [-0.2, -0.15) is 0 Å². The number of ether oxygens (including phenoxy) is 2. The van der Waals surface area contributed by atoms with E-state index in [1.165, 1.54) is 16.1 Å². The van der Waals surface area contributed by atoms with Crippen LogP contribution in [0.25, 0.3) is 0 Å². The van der Waals surface area contributed by atoms with Gasteiger partial charge in [0, 0.05) is 39.1 Å². The summed E-state index contributed by atoms with van der Waals surface area (Å²) in [6.45, 7) is 7.39. The van der Waals surface area contributed by atoms with Crippen LogP contribution in [0.1, 0.15) is 30.9 Å². The summed E-state index contributed by atoms with van der Waals surface area (Å²) in [7, 11) is -3.46. The van der Waals surface area contributed by atoms with E-state index in [1.807, 2.05) is 19.1 Å². The molecule has 0 aliphatic carbocycles. The molecule has 2 aromatic rings. The van der Waals surface area contributed by atoms with Gasteiger partial charge in [0.15, 0.2) is 0 Å². The van der Waals surface area contributed by atoms with E-state index < -0.39 is 10.0 Å². The number of amides is 1. The predicted octanol–water partition coefficient (Wildman–Crippen LogP) is 2.78. The second-order valence-electron chi connectivity index (χ2n) is 8.35.